The Bertz CT molecular complexity index is 1310. The quantitative estimate of drug-likeness (QED) is 0.490. The Hall–Kier alpha value is -3.50. The van der Waals surface area contributed by atoms with Crippen LogP contribution in [0.25, 0.3) is 11.1 Å². The van der Waals surface area contributed by atoms with Gasteiger partial charge in [0, 0.05) is 29.8 Å². The molecule has 0 bridgehead atoms. The molecule has 0 radical (unpaired) electrons. The highest BCUT2D eigenvalue weighted by molar-refractivity contribution is 7.90. The lowest BCUT2D eigenvalue weighted by Gasteiger charge is -2.17. The predicted octanol–water partition coefficient (Wildman–Crippen LogP) is 3.49. The Kier molecular flexibility index (Phi) is 6.05. The van der Waals surface area contributed by atoms with E-state index in [0.717, 1.165) is 6.26 Å². The average molecular weight is 486 g/mol. The maximum Gasteiger partial charge on any atom is 0.321 e. The molecular weight excluding hydrogens is 466 g/mol. The number of pyridine rings is 2. The molecule has 1 aliphatic rings. The normalized spacial score (nSPS) is 14.2. The molecule has 11 heteroatoms. The molecule has 1 aliphatic carbocycles. The number of rotatable bonds is 6. The summed E-state index contributed by atoms with van der Waals surface area (Å²) in [5, 5.41) is 8.39. The Morgan fingerprint density at radius 1 is 0.939 bits per heavy atom. The van der Waals surface area contributed by atoms with Gasteiger partial charge in [-0.25, -0.2) is 23.2 Å². The van der Waals surface area contributed by atoms with Gasteiger partial charge in [0.15, 0.2) is 9.84 Å². The van der Waals surface area contributed by atoms with Crippen LogP contribution in [0.1, 0.15) is 12.8 Å². The number of urea groups is 1. The van der Waals surface area contributed by atoms with Crippen molar-refractivity contribution in [2.45, 2.75) is 23.3 Å². The first kappa shape index (κ1) is 22.7. The molecule has 0 saturated heterocycles. The van der Waals surface area contributed by atoms with Crippen molar-refractivity contribution < 1.29 is 18.0 Å². The van der Waals surface area contributed by atoms with Gasteiger partial charge in [-0.3, -0.25) is 10.1 Å². The zero-order chi connectivity index (χ0) is 23.6. The molecule has 9 nitrogen and oxygen atoms in total. The van der Waals surface area contributed by atoms with Crippen molar-refractivity contribution in [3.05, 3.63) is 65.9 Å². The smallest absolute Gasteiger partial charge is 0.321 e. The molecule has 170 valence electrons. The molecule has 0 unspecified atom stereocenters. The van der Waals surface area contributed by atoms with Crippen LogP contribution in [0.3, 0.4) is 0 Å². The fraction of sp³-hybridized carbons (Fsp3) is 0.182. The van der Waals surface area contributed by atoms with Crippen LogP contribution in [0.15, 0.2) is 65.8 Å². The number of benzene rings is 1. The second kappa shape index (κ2) is 8.80. The number of aromatic nitrogens is 2. The third-order valence-corrected chi connectivity index (χ3v) is 6.49. The van der Waals surface area contributed by atoms with Crippen LogP contribution in [-0.4, -0.2) is 42.1 Å². The van der Waals surface area contributed by atoms with E-state index in [1.54, 1.807) is 42.5 Å². The molecule has 1 saturated carbocycles. The second-order valence-corrected chi connectivity index (χ2v) is 10.1. The van der Waals surface area contributed by atoms with Crippen molar-refractivity contribution in [1.29, 1.82) is 0 Å². The number of anilines is 2. The molecule has 3 N–H and O–H groups in total. The number of halogens is 1. The van der Waals surface area contributed by atoms with Gasteiger partial charge in [-0.15, -0.1) is 0 Å². The maximum absolute atomic E-state index is 12.8. The molecule has 2 heterocycles. The van der Waals surface area contributed by atoms with Crippen molar-refractivity contribution >= 4 is 45.0 Å². The van der Waals surface area contributed by atoms with Crippen molar-refractivity contribution in [2.24, 2.45) is 0 Å². The molecule has 0 atom stereocenters. The van der Waals surface area contributed by atoms with Gasteiger partial charge in [-0.2, -0.15) is 0 Å². The number of carbonyl (C=O) groups is 2. The van der Waals surface area contributed by atoms with Gasteiger partial charge in [0.25, 0.3) is 5.91 Å². The predicted molar refractivity (Wildman–Crippen MR) is 125 cm³/mol. The van der Waals surface area contributed by atoms with Crippen molar-refractivity contribution in [3.8, 4) is 11.1 Å². The molecule has 33 heavy (non-hydrogen) atoms. The molecule has 3 amide bonds. The Labute approximate surface area is 195 Å². The van der Waals surface area contributed by atoms with Gasteiger partial charge >= 0.3 is 6.03 Å². The topological polar surface area (TPSA) is 130 Å². The number of nitrogens with one attached hydrogen (secondary N) is 3. The lowest BCUT2D eigenvalue weighted by Crippen LogP contribution is -2.48. The fourth-order valence-electron chi connectivity index (χ4n) is 3.24. The largest absolute Gasteiger partial charge is 0.323 e. The Morgan fingerprint density at radius 3 is 2.21 bits per heavy atom. The van der Waals surface area contributed by atoms with Crippen LogP contribution < -0.4 is 16.0 Å². The molecule has 3 aromatic rings. The van der Waals surface area contributed by atoms with Gasteiger partial charge in [0.2, 0.25) is 0 Å². The van der Waals surface area contributed by atoms with Crippen LogP contribution in [0, 0.1) is 0 Å². The summed E-state index contributed by atoms with van der Waals surface area (Å²) in [5.74, 6) is 0.201. The van der Waals surface area contributed by atoms with Crippen molar-refractivity contribution in [1.82, 2.24) is 15.3 Å². The first-order chi connectivity index (χ1) is 15.7. The van der Waals surface area contributed by atoms with Crippen LogP contribution >= 0.6 is 11.6 Å². The third kappa shape index (κ3) is 5.29. The summed E-state index contributed by atoms with van der Waals surface area (Å²) in [6.07, 6.45) is 5.02. The van der Waals surface area contributed by atoms with Crippen LogP contribution in [0.5, 0.6) is 0 Å². The summed E-state index contributed by atoms with van der Waals surface area (Å²) in [6, 6.07) is 12.5. The Balaban J connectivity index is 1.42. The SMILES string of the molecule is CS(=O)(=O)c1ccccc1-c1ccc(NC(=O)C2(NC(=O)Nc3ccc(Cl)cn3)CC2)nc1. The van der Waals surface area contributed by atoms with E-state index in [0.29, 0.717) is 34.8 Å². The lowest BCUT2D eigenvalue weighted by molar-refractivity contribution is -0.118. The average Bonchev–Trinajstić information content (AvgIpc) is 3.56. The van der Waals surface area contributed by atoms with Crippen LogP contribution in [0.4, 0.5) is 16.4 Å². The number of amides is 3. The van der Waals surface area contributed by atoms with E-state index in [-0.39, 0.29) is 10.7 Å². The second-order valence-electron chi connectivity index (χ2n) is 7.68. The minimum atomic E-state index is -3.41. The van der Waals surface area contributed by atoms with Crippen LogP contribution in [0.2, 0.25) is 5.02 Å². The van der Waals surface area contributed by atoms with E-state index in [9.17, 15) is 18.0 Å². The number of hydrogen-bond acceptors (Lipinski definition) is 6. The molecule has 4 rings (SSSR count). The lowest BCUT2D eigenvalue weighted by atomic mass is 10.1. The highest BCUT2D eigenvalue weighted by Crippen LogP contribution is 2.36. The highest BCUT2D eigenvalue weighted by Gasteiger charge is 2.51. The number of sulfone groups is 1. The Morgan fingerprint density at radius 2 is 1.61 bits per heavy atom. The standard InChI is InChI=1S/C22H20ClN5O4S/c1-33(31,32)17-5-3-2-4-16(17)14-6-8-18(24-12-14)26-20(29)22(10-11-22)28-21(30)27-19-9-7-15(23)13-25-19/h2-9,12-13H,10-11H2,1H3,(H,24,26,29)(H2,25,27,28,30). The first-order valence-corrected chi connectivity index (χ1v) is 12.2. The van der Waals surface area contributed by atoms with Gasteiger partial charge in [-0.1, -0.05) is 29.8 Å². The summed E-state index contributed by atoms with van der Waals surface area (Å²) >= 11 is 5.78. The molecule has 0 aliphatic heterocycles. The zero-order valence-electron chi connectivity index (χ0n) is 17.5. The van der Waals surface area contributed by atoms with E-state index in [1.807, 2.05) is 0 Å². The molecule has 2 aromatic heterocycles. The van der Waals surface area contributed by atoms with E-state index in [4.69, 9.17) is 11.6 Å². The molecule has 0 spiro atoms. The minimum Gasteiger partial charge on any atom is -0.323 e. The van der Waals surface area contributed by atoms with Crippen LogP contribution in [-0.2, 0) is 14.6 Å². The first-order valence-electron chi connectivity index (χ1n) is 9.94. The maximum atomic E-state index is 12.8. The summed E-state index contributed by atoms with van der Waals surface area (Å²) in [6.45, 7) is 0. The minimum absolute atomic E-state index is 0.200. The summed E-state index contributed by atoms with van der Waals surface area (Å²) < 4.78 is 24.1. The fourth-order valence-corrected chi connectivity index (χ4v) is 4.26. The molecule has 1 fully saturated rings. The van der Waals surface area contributed by atoms with E-state index >= 15 is 0 Å². The summed E-state index contributed by atoms with van der Waals surface area (Å²) in [5.41, 5.74) is 0.0982. The van der Waals surface area contributed by atoms with E-state index in [2.05, 4.69) is 25.9 Å². The number of carbonyl (C=O) groups excluding carboxylic acids is 2. The van der Waals surface area contributed by atoms with Crippen molar-refractivity contribution in [2.75, 3.05) is 16.9 Å². The van der Waals surface area contributed by atoms with Gasteiger partial charge in [0.1, 0.15) is 17.2 Å². The van der Waals surface area contributed by atoms with Gasteiger partial charge < -0.3 is 10.6 Å². The third-order valence-electron chi connectivity index (χ3n) is 5.11. The van der Waals surface area contributed by atoms with Gasteiger partial charge in [0.05, 0.1) is 9.92 Å². The number of hydrogen-bond donors (Lipinski definition) is 3. The van der Waals surface area contributed by atoms with E-state index in [1.165, 1.54) is 18.5 Å². The zero-order valence-corrected chi connectivity index (χ0v) is 19.1. The molecule has 1 aromatic carbocycles. The monoisotopic (exact) mass is 485 g/mol. The number of nitrogens with zero attached hydrogens (tertiary/aromatic N) is 2. The summed E-state index contributed by atoms with van der Waals surface area (Å²) in [4.78, 5) is 33.5. The summed E-state index contributed by atoms with van der Waals surface area (Å²) in [7, 11) is -3.41. The van der Waals surface area contributed by atoms with Crippen molar-refractivity contribution in [3.63, 3.8) is 0 Å². The highest BCUT2D eigenvalue weighted by atomic mass is 35.5. The van der Waals surface area contributed by atoms with E-state index < -0.39 is 27.3 Å². The van der Waals surface area contributed by atoms with Gasteiger partial charge in [-0.05, 0) is 43.2 Å². The molecular formula is C22H20ClN5O4S.